The Morgan fingerprint density at radius 1 is 1.13 bits per heavy atom. The fourth-order valence-corrected chi connectivity index (χ4v) is 2.94. The summed E-state index contributed by atoms with van der Waals surface area (Å²) in [5.74, 6) is -0.666. The largest absolute Gasteiger partial charge is 0.491 e. The van der Waals surface area contributed by atoms with Crippen LogP contribution in [0, 0.1) is 0 Å². The molecule has 7 heteroatoms. The second-order valence-corrected chi connectivity index (χ2v) is 6.46. The summed E-state index contributed by atoms with van der Waals surface area (Å²) in [5.41, 5.74) is 0.360. The highest BCUT2D eigenvalue weighted by Gasteiger charge is 2.17. The molecule has 0 unspecified atom stereocenters. The smallest absolute Gasteiger partial charge is 0.335 e. The van der Waals surface area contributed by atoms with Gasteiger partial charge in [0.15, 0.2) is 0 Å². The molecule has 2 aromatic carbocycles. The van der Waals surface area contributed by atoms with Gasteiger partial charge in [0.25, 0.3) is 10.0 Å². The average Bonchev–Trinajstić information content (AvgIpc) is 2.54. The molecule has 2 N–H and O–H groups in total. The molecule has 0 saturated carbocycles. The lowest BCUT2D eigenvalue weighted by Crippen LogP contribution is -2.14. The molecule has 2 rings (SSSR count). The zero-order chi connectivity index (χ0) is 16.9. The number of rotatable bonds is 7. The van der Waals surface area contributed by atoms with Gasteiger partial charge in [-0.3, -0.25) is 4.72 Å². The monoisotopic (exact) mass is 335 g/mol. The molecule has 0 spiro atoms. The number of para-hydroxylation sites is 2. The highest BCUT2D eigenvalue weighted by Crippen LogP contribution is 2.26. The fraction of sp³-hybridized carbons (Fsp3) is 0.188. The number of sulfonamides is 1. The zero-order valence-corrected chi connectivity index (χ0v) is 13.3. The van der Waals surface area contributed by atoms with Crippen molar-refractivity contribution in [2.75, 3.05) is 11.3 Å². The quantitative estimate of drug-likeness (QED) is 0.811. The minimum absolute atomic E-state index is 0.0206. The molecule has 0 heterocycles. The third-order valence-corrected chi connectivity index (χ3v) is 4.39. The summed E-state index contributed by atoms with van der Waals surface area (Å²) in [7, 11) is -3.83. The van der Waals surface area contributed by atoms with E-state index in [-0.39, 0.29) is 10.5 Å². The van der Waals surface area contributed by atoms with Crippen molar-refractivity contribution in [3.8, 4) is 5.75 Å². The van der Waals surface area contributed by atoms with Gasteiger partial charge in [0.2, 0.25) is 0 Å². The molecule has 0 aliphatic rings. The first-order valence-electron chi connectivity index (χ1n) is 7.02. The van der Waals surface area contributed by atoms with Crippen LogP contribution < -0.4 is 9.46 Å². The second-order valence-electron chi connectivity index (χ2n) is 4.78. The van der Waals surface area contributed by atoms with E-state index < -0.39 is 16.0 Å². The molecule has 122 valence electrons. The van der Waals surface area contributed by atoms with Gasteiger partial charge in [-0.05, 0) is 42.8 Å². The summed E-state index contributed by atoms with van der Waals surface area (Å²) in [6, 6.07) is 11.7. The maximum Gasteiger partial charge on any atom is 0.335 e. The van der Waals surface area contributed by atoms with E-state index in [0.717, 1.165) is 6.42 Å². The van der Waals surface area contributed by atoms with E-state index in [9.17, 15) is 13.2 Å². The first kappa shape index (κ1) is 16.8. The van der Waals surface area contributed by atoms with Crippen molar-refractivity contribution in [1.29, 1.82) is 0 Å². The molecule has 0 aliphatic carbocycles. The van der Waals surface area contributed by atoms with Crippen LogP contribution >= 0.6 is 0 Å². The van der Waals surface area contributed by atoms with Crippen LogP contribution in [0.3, 0.4) is 0 Å². The van der Waals surface area contributed by atoms with Crippen LogP contribution in [0.1, 0.15) is 23.7 Å². The van der Waals surface area contributed by atoms with Crippen LogP contribution in [0.4, 0.5) is 5.69 Å². The summed E-state index contributed by atoms with van der Waals surface area (Å²) in [5, 5.41) is 8.85. The van der Waals surface area contributed by atoms with E-state index >= 15 is 0 Å². The number of benzene rings is 2. The Labute approximate surface area is 134 Å². The van der Waals surface area contributed by atoms with Crippen LogP contribution in [0.25, 0.3) is 0 Å². The Kier molecular flexibility index (Phi) is 5.23. The van der Waals surface area contributed by atoms with Gasteiger partial charge in [0.1, 0.15) is 5.75 Å². The molecule has 0 amide bonds. The summed E-state index contributed by atoms with van der Waals surface area (Å²) in [4.78, 5) is 10.8. The summed E-state index contributed by atoms with van der Waals surface area (Å²) in [6.07, 6.45) is 0.803. The number of nitrogens with one attached hydrogen (secondary N) is 1. The molecule has 0 atom stereocenters. The van der Waals surface area contributed by atoms with Crippen molar-refractivity contribution in [2.24, 2.45) is 0 Å². The lowest BCUT2D eigenvalue weighted by molar-refractivity contribution is 0.0696. The average molecular weight is 335 g/mol. The minimum atomic E-state index is -3.83. The molecule has 0 bridgehead atoms. The topological polar surface area (TPSA) is 92.7 Å². The number of anilines is 1. The lowest BCUT2D eigenvalue weighted by atomic mass is 10.2. The normalized spacial score (nSPS) is 11.0. The standard InChI is InChI=1S/C16H17NO5S/c1-2-11-22-15-6-4-3-5-14(15)17-23(20,21)13-9-7-12(8-10-13)16(18)19/h3-10,17H,2,11H2,1H3,(H,18,19). The van der Waals surface area contributed by atoms with Crippen LogP contribution in [0.15, 0.2) is 53.4 Å². The van der Waals surface area contributed by atoms with Gasteiger partial charge in [-0.1, -0.05) is 19.1 Å². The van der Waals surface area contributed by atoms with Crippen molar-refractivity contribution < 1.29 is 23.1 Å². The van der Waals surface area contributed by atoms with E-state index in [4.69, 9.17) is 9.84 Å². The first-order valence-corrected chi connectivity index (χ1v) is 8.50. The van der Waals surface area contributed by atoms with Gasteiger partial charge in [-0.15, -0.1) is 0 Å². The van der Waals surface area contributed by atoms with E-state index in [0.29, 0.717) is 18.0 Å². The van der Waals surface area contributed by atoms with E-state index in [1.54, 1.807) is 24.3 Å². The molecule has 0 aliphatic heterocycles. The zero-order valence-electron chi connectivity index (χ0n) is 12.5. The molecule has 0 aromatic heterocycles. The third kappa shape index (κ3) is 4.23. The Morgan fingerprint density at radius 3 is 2.39 bits per heavy atom. The van der Waals surface area contributed by atoms with Crippen LogP contribution in [0.2, 0.25) is 0 Å². The van der Waals surface area contributed by atoms with Crippen LogP contribution in [-0.4, -0.2) is 26.1 Å². The number of ether oxygens (including phenoxy) is 1. The predicted octanol–water partition coefficient (Wildman–Crippen LogP) is 2.97. The number of aromatic carboxylic acids is 1. The van der Waals surface area contributed by atoms with Crippen molar-refractivity contribution in [1.82, 2.24) is 0 Å². The van der Waals surface area contributed by atoms with Gasteiger partial charge in [-0.2, -0.15) is 0 Å². The van der Waals surface area contributed by atoms with Crippen LogP contribution in [0.5, 0.6) is 5.75 Å². The Hall–Kier alpha value is -2.54. The molecule has 2 aromatic rings. The van der Waals surface area contributed by atoms with Crippen molar-refractivity contribution in [3.05, 3.63) is 54.1 Å². The highest BCUT2D eigenvalue weighted by atomic mass is 32.2. The second kappa shape index (κ2) is 7.15. The summed E-state index contributed by atoms with van der Waals surface area (Å²) >= 11 is 0. The SMILES string of the molecule is CCCOc1ccccc1NS(=O)(=O)c1ccc(C(=O)O)cc1. The Morgan fingerprint density at radius 2 is 1.78 bits per heavy atom. The molecular formula is C16H17NO5S. The number of hydrogen-bond acceptors (Lipinski definition) is 4. The first-order chi connectivity index (χ1) is 10.9. The fourth-order valence-electron chi connectivity index (χ4n) is 1.87. The summed E-state index contributed by atoms with van der Waals surface area (Å²) < 4.78 is 32.8. The highest BCUT2D eigenvalue weighted by molar-refractivity contribution is 7.92. The third-order valence-electron chi connectivity index (χ3n) is 3.00. The van der Waals surface area contributed by atoms with Crippen molar-refractivity contribution in [3.63, 3.8) is 0 Å². The molecule has 23 heavy (non-hydrogen) atoms. The molecule has 0 radical (unpaired) electrons. The van der Waals surface area contributed by atoms with Gasteiger partial charge >= 0.3 is 5.97 Å². The van der Waals surface area contributed by atoms with Gasteiger partial charge in [0, 0.05) is 0 Å². The molecular weight excluding hydrogens is 318 g/mol. The van der Waals surface area contributed by atoms with E-state index in [1.807, 2.05) is 6.92 Å². The van der Waals surface area contributed by atoms with Gasteiger partial charge in [0.05, 0.1) is 22.8 Å². The lowest BCUT2D eigenvalue weighted by Gasteiger charge is -2.13. The summed E-state index contributed by atoms with van der Waals surface area (Å²) in [6.45, 7) is 2.43. The number of carboxylic acids is 1. The molecule has 0 fully saturated rings. The maximum absolute atomic E-state index is 12.4. The van der Waals surface area contributed by atoms with E-state index in [1.165, 1.54) is 24.3 Å². The molecule has 6 nitrogen and oxygen atoms in total. The maximum atomic E-state index is 12.4. The Bertz CT molecular complexity index is 784. The van der Waals surface area contributed by atoms with Crippen LogP contribution in [-0.2, 0) is 10.0 Å². The number of carbonyl (C=O) groups is 1. The van der Waals surface area contributed by atoms with Gasteiger partial charge < -0.3 is 9.84 Å². The molecule has 0 saturated heterocycles. The Balaban J connectivity index is 2.26. The predicted molar refractivity (Wildman–Crippen MR) is 86.4 cm³/mol. The minimum Gasteiger partial charge on any atom is -0.491 e. The van der Waals surface area contributed by atoms with Crippen molar-refractivity contribution in [2.45, 2.75) is 18.2 Å². The van der Waals surface area contributed by atoms with Crippen molar-refractivity contribution >= 4 is 21.7 Å². The van der Waals surface area contributed by atoms with Gasteiger partial charge in [-0.25, -0.2) is 13.2 Å². The number of carboxylic acid groups (broad SMARTS) is 1. The number of hydrogen-bond donors (Lipinski definition) is 2. The van der Waals surface area contributed by atoms with E-state index in [2.05, 4.69) is 4.72 Å².